The molecule has 1 heterocycles. The number of esters is 2. The number of nitrogens with zero attached hydrogens (tertiary/aromatic N) is 2. The minimum atomic E-state index is -1.26. The molecule has 0 saturated heterocycles. The Morgan fingerprint density at radius 1 is 0.800 bits per heavy atom. The average molecular weight is 336 g/mol. The van der Waals surface area contributed by atoms with E-state index in [-0.39, 0.29) is 11.3 Å². The third kappa shape index (κ3) is 2.61. The zero-order valence-electron chi connectivity index (χ0n) is 13.8. The molecular formula is C19H16N2O4. The number of methoxy groups -OCH3 is 2. The standard InChI is InChI=1S/C19H16N2O4/c1-24-17(22)15-16(18(23)25-2)20-21-19(15,13-9-5-3-6-10-13)14-11-7-4-8-12-14/h3-12H,1-2H3. The van der Waals surface area contributed by atoms with E-state index in [0.29, 0.717) is 11.1 Å². The minimum absolute atomic E-state index is 0.0410. The fourth-order valence-electron chi connectivity index (χ4n) is 2.91. The monoisotopic (exact) mass is 336 g/mol. The SMILES string of the molecule is COC(=O)C1=C(C(=O)OC)C(c2ccccc2)(c2ccccc2)N=N1. The van der Waals surface area contributed by atoms with Crippen molar-refractivity contribution in [3.05, 3.63) is 83.1 Å². The summed E-state index contributed by atoms with van der Waals surface area (Å²) in [6, 6.07) is 18.4. The Kier molecular flexibility index (Phi) is 4.43. The Hall–Kier alpha value is -3.28. The van der Waals surface area contributed by atoms with Crippen LogP contribution >= 0.6 is 0 Å². The van der Waals surface area contributed by atoms with Crippen molar-refractivity contribution in [2.75, 3.05) is 14.2 Å². The van der Waals surface area contributed by atoms with Crippen LogP contribution in [0.2, 0.25) is 0 Å². The first-order valence-corrected chi connectivity index (χ1v) is 7.60. The van der Waals surface area contributed by atoms with Gasteiger partial charge in [-0.1, -0.05) is 60.7 Å². The van der Waals surface area contributed by atoms with E-state index < -0.39 is 17.5 Å². The maximum Gasteiger partial charge on any atom is 0.359 e. The molecule has 0 aliphatic carbocycles. The number of carbonyl (C=O) groups excluding carboxylic acids is 2. The van der Waals surface area contributed by atoms with Crippen LogP contribution in [0.1, 0.15) is 11.1 Å². The minimum Gasteiger partial charge on any atom is -0.466 e. The van der Waals surface area contributed by atoms with Gasteiger partial charge in [0.1, 0.15) is 5.57 Å². The van der Waals surface area contributed by atoms with Gasteiger partial charge in [-0.05, 0) is 11.1 Å². The van der Waals surface area contributed by atoms with E-state index in [1.807, 2.05) is 60.7 Å². The Balaban J connectivity index is 2.36. The van der Waals surface area contributed by atoms with Gasteiger partial charge in [-0.3, -0.25) is 0 Å². The Morgan fingerprint density at radius 2 is 1.28 bits per heavy atom. The Labute approximate surface area is 144 Å². The van der Waals surface area contributed by atoms with Gasteiger partial charge in [0.25, 0.3) is 0 Å². The molecule has 0 aromatic heterocycles. The highest BCUT2D eigenvalue weighted by Gasteiger charge is 2.50. The third-order valence-corrected chi connectivity index (χ3v) is 4.05. The summed E-state index contributed by atoms with van der Waals surface area (Å²) in [7, 11) is 2.48. The van der Waals surface area contributed by atoms with Crippen LogP contribution in [0, 0.1) is 0 Å². The molecule has 2 aromatic rings. The van der Waals surface area contributed by atoms with Crippen molar-refractivity contribution in [1.29, 1.82) is 0 Å². The van der Waals surface area contributed by atoms with Crippen LogP contribution in [0.15, 0.2) is 82.2 Å². The number of rotatable bonds is 4. The topological polar surface area (TPSA) is 77.3 Å². The van der Waals surface area contributed by atoms with Crippen LogP contribution in [0.25, 0.3) is 0 Å². The lowest BCUT2D eigenvalue weighted by atomic mass is 9.77. The fraction of sp³-hybridized carbons (Fsp3) is 0.158. The van der Waals surface area contributed by atoms with Gasteiger partial charge in [0.2, 0.25) is 0 Å². The van der Waals surface area contributed by atoms with Crippen molar-refractivity contribution >= 4 is 11.9 Å². The van der Waals surface area contributed by atoms with Gasteiger partial charge in [0.15, 0.2) is 11.2 Å². The van der Waals surface area contributed by atoms with Gasteiger partial charge in [-0.2, -0.15) is 5.11 Å². The van der Waals surface area contributed by atoms with Crippen LogP contribution in [-0.2, 0) is 24.6 Å². The molecule has 0 radical (unpaired) electrons. The summed E-state index contributed by atoms with van der Waals surface area (Å²) in [4.78, 5) is 24.8. The second kappa shape index (κ2) is 6.68. The van der Waals surface area contributed by atoms with Crippen molar-refractivity contribution in [2.24, 2.45) is 10.2 Å². The molecular weight excluding hydrogens is 320 g/mol. The van der Waals surface area contributed by atoms with E-state index in [1.54, 1.807) is 0 Å². The van der Waals surface area contributed by atoms with E-state index in [0.717, 1.165) is 0 Å². The molecule has 0 fully saturated rings. The number of hydrogen-bond acceptors (Lipinski definition) is 6. The summed E-state index contributed by atoms with van der Waals surface area (Å²) in [5.41, 5.74) is 0.0221. The summed E-state index contributed by atoms with van der Waals surface area (Å²) in [5.74, 6) is -1.42. The van der Waals surface area contributed by atoms with Gasteiger partial charge in [0.05, 0.1) is 14.2 Å². The van der Waals surface area contributed by atoms with E-state index in [9.17, 15) is 9.59 Å². The molecule has 3 rings (SSSR count). The first-order chi connectivity index (χ1) is 12.1. The number of hydrogen-bond donors (Lipinski definition) is 0. The normalized spacial score (nSPS) is 15.1. The van der Waals surface area contributed by atoms with Gasteiger partial charge < -0.3 is 9.47 Å². The van der Waals surface area contributed by atoms with Gasteiger partial charge in [-0.25, -0.2) is 9.59 Å². The number of benzene rings is 2. The maximum absolute atomic E-state index is 12.6. The highest BCUT2D eigenvalue weighted by atomic mass is 16.5. The lowest BCUT2D eigenvalue weighted by Gasteiger charge is -2.28. The number of carbonyl (C=O) groups is 2. The van der Waals surface area contributed by atoms with Crippen LogP contribution in [0.4, 0.5) is 0 Å². The molecule has 1 aliphatic heterocycles. The molecule has 0 spiro atoms. The Bertz CT molecular complexity index is 818. The zero-order chi connectivity index (χ0) is 17.9. The summed E-state index contributed by atoms with van der Waals surface area (Å²) >= 11 is 0. The van der Waals surface area contributed by atoms with Crippen molar-refractivity contribution in [3.8, 4) is 0 Å². The molecule has 126 valence electrons. The molecule has 6 heteroatoms. The van der Waals surface area contributed by atoms with Crippen LogP contribution < -0.4 is 0 Å². The van der Waals surface area contributed by atoms with Crippen molar-refractivity contribution < 1.29 is 19.1 Å². The number of azo groups is 1. The molecule has 1 aliphatic rings. The van der Waals surface area contributed by atoms with E-state index >= 15 is 0 Å². The molecule has 2 aromatic carbocycles. The quantitative estimate of drug-likeness (QED) is 0.804. The van der Waals surface area contributed by atoms with Crippen molar-refractivity contribution in [2.45, 2.75) is 5.54 Å². The highest BCUT2D eigenvalue weighted by Crippen LogP contribution is 2.47. The average Bonchev–Trinajstić information content (AvgIpc) is 3.09. The summed E-state index contributed by atoms with van der Waals surface area (Å²) < 4.78 is 9.70. The van der Waals surface area contributed by atoms with Gasteiger partial charge >= 0.3 is 11.9 Å². The summed E-state index contributed by atoms with van der Waals surface area (Å²) in [5, 5.41) is 8.35. The first kappa shape index (κ1) is 16.6. The molecule has 25 heavy (non-hydrogen) atoms. The predicted molar refractivity (Wildman–Crippen MR) is 89.6 cm³/mol. The second-order valence-electron chi connectivity index (χ2n) is 5.35. The molecule has 6 nitrogen and oxygen atoms in total. The van der Waals surface area contributed by atoms with Crippen LogP contribution in [0.5, 0.6) is 0 Å². The third-order valence-electron chi connectivity index (χ3n) is 4.05. The number of ether oxygens (including phenoxy) is 2. The Morgan fingerprint density at radius 3 is 1.72 bits per heavy atom. The zero-order valence-corrected chi connectivity index (χ0v) is 13.8. The molecule has 0 bridgehead atoms. The van der Waals surface area contributed by atoms with E-state index in [2.05, 4.69) is 10.2 Å². The highest BCUT2D eigenvalue weighted by molar-refractivity contribution is 6.03. The van der Waals surface area contributed by atoms with Crippen LogP contribution in [-0.4, -0.2) is 26.2 Å². The van der Waals surface area contributed by atoms with Crippen LogP contribution in [0.3, 0.4) is 0 Å². The van der Waals surface area contributed by atoms with Crippen molar-refractivity contribution in [3.63, 3.8) is 0 Å². The fourth-order valence-corrected chi connectivity index (χ4v) is 2.91. The van der Waals surface area contributed by atoms with Gasteiger partial charge in [0, 0.05) is 0 Å². The van der Waals surface area contributed by atoms with E-state index in [4.69, 9.17) is 9.47 Å². The maximum atomic E-state index is 12.6. The molecule has 0 amide bonds. The van der Waals surface area contributed by atoms with E-state index in [1.165, 1.54) is 14.2 Å². The van der Waals surface area contributed by atoms with Gasteiger partial charge in [-0.15, -0.1) is 5.11 Å². The predicted octanol–water partition coefficient (Wildman–Crippen LogP) is 3.00. The molecule has 0 N–H and O–H groups in total. The molecule has 0 saturated carbocycles. The molecule has 0 unspecified atom stereocenters. The van der Waals surface area contributed by atoms with Crippen molar-refractivity contribution in [1.82, 2.24) is 0 Å². The smallest absolute Gasteiger partial charge is 0.359 e. The second-order valence-corrected chi connectivity index (χ2v) is 5.35. The lowest BCUT2D eigenvalue weighted by molar-refractivity contribution is -0.139. The first-order valence-electron chi connectivity index (χ1n) is 7.60. The summed E-state index contributed by atoms with van der Waals surface area (Å²) in [6.07, 6.45) is 0. The largest absolute Gasteiger partial charge is 0.466 e. The summed E-state index contributed by atoms with van der Waals surface area (Å²) in [6.45, 7) is 0. The molecule has 0 atom stereocenters. The lowest BCUT2D eigenvalue weighted by Crippen LogP contribution is -2.32.